The molecule has 0 radical (unpaired) electrons. The fraction of sp³-hybridized carbons (Fsp3) is 0.125. The van der Waals surface area contributed by atoms with Crippen LogP contribution in [0, 0.1) is 0 Å². The third kappa shape index (κ3) is 5.22. The van der Waals surface area contributed by atoms with Crippen LogP contribution in [0.4, 0.5) is 16.2 Å². The minimum absolute atomic E-state index is 0.422. The van der Waals surface area contributed by atoms with E-state index < -0.39 is 6.09 Å². The van der Waals surface area contributed by atoms with Gasteiger partial charge in [-0.2, -0.15) is 4.99 Å². The van der Waals surface area contributed by atoms with Crippen molar-refractivity contribution in [3.8, 4) is 0 Å². The van der Waals surface area contributed by atoms with Crippen LogP contribution in [-0.4, -0.2) is 24.6 Å². The average molecular weight is 347 g/mol. The Bertz CT molecular complexity index is 706. The van der Waals surface area contributed by atoms with Gasteiger partial charge in [-0.25, -0.2) is 4.79 Å². The van der Waals surface area contributed by atoms with E-state index in [-0.39, 0.29) is 0 Å². The Labute approximate surface area is 143 Å². The van der Waals surface area contributed by atoms with Crippen LogP contribution in [0.2, 0.25) is 0 Å². The van der Waals surface area contributed by atoms with Crippen LogP contribution in [0.1, 0.15) is 0 Å². The van der Waals surface area contributed by atoms with Gasteiger partial charge in [0.25, 0.3) is 0 Å². The number of ether oxygens (including phenoxy) is 1. The summed E-state index contributed by atoms with van der Waals surface area (Å²) in [5.74, 6) is 0. The first-order valence-corrected chi connectivity index (χ1v) is 8.76. The summed E-state index contributed by atoms with van der Waals surface area (Å²) in [7, 11) is 1.29. The summed E-state index contributed by atoms with van der Waals surface area (Å²) in [5, 5.41) is 3.48. The maximum Gasteiger partial charge on any atom is 0.435 e. The molecule has 0 aliphatic rings. The first-order chi connectivity index (χ1) is 11.1. The van der Waals surface area contributed by atoms with Crippen LogP contribution in [0.25, 0.3) is 0 Å². The number of benzene rings is 2. The lowest BCUT2D eigenvalue weighted by Gasteiger charge is -2.11. The van der Waals surface area contributed by atoms with Gasteiger partial charge in [0.05, 0.1) is 18.5 Å². The maximum atomic E-state index is 11.3. The molecular weight excluding hydrogens is 330 g/mol. The van der Waals surface area contributed by atoms with Crippen molar-refractivity contribution < 1.29 is 9.53 Å². The molecule has 0 bridgehead atoms. The van der Waals surface area contributed by atoms with E-state index in [1.807, 2.05) is 54.8 Å². The molecule has 0 aromatic heterocycles. The fourth-order valence-electron chi connectivity index (χ4n) is 1.70. The number of aliphatic imine (C=N–C) groups is 1. The minimum Gasteiger partial charge on any atom is -0.451 e. The van der Waals surface area contributed by atoms with Crippen molar-refractivity contribution in [2.24, 2.45) is 4.99 Å². The Morgan fingerprint density at radius 1 is 1.17 bits per heavy atom. The standard InChI is InChI=1S/C16H17N3O2S2/c1-21-16(20)19-15(22-2)18-14-10-12(8-9-13(14)17)23-11-6-4-3-5-7-11/h3-10H,17H2,1-2H3,(H,18,19,20). The van der Waals surface area contributed by atoms with Crippen LogP contribution in [0.15, 0.2) is 63.3 Å². The third-order valence-electron chi connectivity index (χ3n) is 2.81. The van der Waals surface area contributed by atoms with Crippen molar-refractivity contribution in [1.82, 2.24) is 0 Å². The zero-order chi connectivity index (χ0) is 16.7. The summed E-state index contributed by atoms with van der Waals surface area (Å²) < 4.78 is 4.54. The molecule has 23 heavy (non-hydrogen) atoms. The zero-order valence-electron chi connectivity index (χ0n) is 12.8. The number of hydrogen-bond donors (Lipinski definition) is 2. The van der Waals surface area contributed by atoms with Crippen molar-refractivity contribution in [2.75, 3.05) is 24.4 Å². The zero-order valence-corrected chi connectivity index (χ0v) is 14.4. The van der Waals surface area contributed by atoms with Gasteiger partial charge in [-0.3, -0.25) is 0 Å². The molecule has 3 N–H and O–H groups in total. The lowest BCUT2D eigenvalue weighted by molar-refractivity contribution is 0.182. The van der Waals surface area contributed by atoms with Crippen molar-refractivity contribution >= 4 is 46.2 Å². The number of carbonyl (C=O) groups excluding carboxylic acids is 1. The molecule has 120 valence electrons. The molecule has 0 fully saturated rings. The highest BCUT2D eigenvalue weighted by Crippen LogP contribution is 2.32. The molecule has 0 saturated heterocycles. The third-order valence-corrected chi connectivity index (χ3v) is 4.38. The number of anilines is 2. The van der Waals surface area contributed by atoms with E-state index in [1.54, 1.807) is 11.8 Å². The number of methoxy groups -OCH3 is 1. The Kier molecular flexibility index (Phi) is 6.37. The van der Waals surface area contributed by atoms with Crippen LogP contribution in [-0.2, 0) is 4.74 Å². The molecule has 0 aliphatic heterocycles. The summed E-state index contributed by atoms with van der Waals surface area (Å²) in [6, 6.07) is 15.8. The van der Waals surface area contributed by atoms with Gasteiger partial charge < -0.3 is 15.8 Å². The Balaban J connectivity index is 2.20. The second kappa shape index (κ2) is 8.50. The number of nitrogens with zero attached hydrogens (tertiary/aromatic N) is 1. The monoisotopic (exact) mass is 347 g/mol. The highest BCUT2D eigenvalue weighted by atomic mass is 32.2. The van der Waals surface area contributed by atoms with E-state index in [1.165, 1.54) is 18.9 Å². The summed E-state index contributed by atoms with van der Waals surface area (Å²) in [6.45, 7) is 0. The highest BCUT2D eigenvalue weighted by molar-refractivity contribution is 8.13. The van der Waals surface area contributed by atoms with Gasteiger partial charge in [-0.1, -0.05) is 41.7 Å². The number of nitrogen functional groups attached to an aromatic ring is 1. The van der Waals surface area contributed by atoms with Crippen molar-refractivity contribution in [3.63, 3.8) is 0 Å². The molecule has 1 amide bonds. The van der Waals surface area contributed by atoms with Crippen molar-refractivity contribution in [3.05, 3.63) is 48.5 Å². The van der Waals surface area contributed by atoms with Gasteiger partial charge in [0.2, 0.25) is 0 Å². The molecule has 5 nitrogen and oxygen atoms in total. The van der Waals surface area contributed by atoms with E-state index in [2.05, 4.69) is 15.0 Å². The molecule has 7 heteroatoms. The van der Waals surface area contributed by atoms with E-state index in [0.29, 0.717) is 16.5 Å². The average Bonchev–Trinajstić information content (AvgIpc) is 2.57. The minimum atomic E-state index is -0.657. The summed E-state index contributed by atoms with van der Waals surface area (Å²) in [6.07, 6.45) is 1.16. The molecule has 2 aromatic rings. The molecule has 2 aromatic carbocycles. The number of hydrogen-bond acceptors (Lipinski definition) is 5. The first kappa shape index (κ1) is 17.2. The molecule has 0 spiro atoms. The van der Waals surface area contributed by atoms with E-state index in [4.69, 9.17) is 5.73 Å². The molecular formula is C16H17N3O2S2. The molecule has 0 atom stereocenters. The Morgan fingerprint density at radius 2 is 1.91 bits per heavy atom. The molecule has 0 saturated carbocycles. The molecule has 0 aliphatic carbocycles. The van der Waals surface area contributed by atoms with Crippen molar-refractivity contribution in [2.45, 2.75) is 9.79 Å². The Hall–Kier alpha value is -2.12. The maximum absolute atomic E-state index is 11.3. The number of amides is 1. The fourth-order valence-corrected chi connectivity index (χ4v) is 2.96. The number of carbonyl (C=O) groups is 1. The normalized spacial score (nSPS) is 11.1. The Morgan fingerprint density at radius 3 is 2.57 bits per heavy atom. The number of nitrogens with one attached hydrogen (secondary N) is 1. The van der Waals surface area contributed by atoms with Gasteiger partial charge in [-0.05, 0) is 36.6 Å². The summed E-state index contributed by atoms with van der Waals surface area (Å²) in [4.78, 5) is 17.2. The number of nitrogens with two attached hydrogens (primary N) is 1. The van der Waals surface area contributed by atoms with Crippen LogP contribution >= 0.6 is 23.5 Å². The number of rotatable bonds is 3. The summed E-state index contributed by atoms with van der Waals surface area (Å²) in [5.41, 5.74) is 7.27. The largest absolute Gasteiger partial charge is 0.451 e. The van der Waals surface area contributed by atoms with Crippen LogP contribution in [0.3, 0.4) is 0 Å². The van der Waals surface area contributed by atoms with E-state index >= 15 is 0 Å². The second-order valence-corrected chi connectivity index (χ2v) is 6.32. The quantitative estimate of drug-likeness (QED) is 0.489. The highest BCUT2D eigenvalue weighted by Gasteiger charge is 2.07. The predicted molar refractivity (Wildman–Crippen MR) is 98.4 cm³/mol. The number of amidine groups is 1. The van der Waals surface area contributed by atoms with E-state index in [9.17, 15) is 4.79 Å². The lowest BCUT2D eigenvalue weighted by atomic mass is 10.3. The smallest absolute Gasteiger partial charge is 0.435 e. The van der Waals surface area contributed by atoms with Gasteiger partial charge >= 0.3 is 6.09 Å². The molecule has 2 rings (SSSR count). The summed E-state index contributed by atoms with van der Waals surface area (Å²) >= 11 is 2.93. The van der Waals surface area contributed by atoms with Gasteiger partial charge in [0, 0.05) is 9.79 Å². The first-order valence-electron chi connectivity index (χ1n) is 6.72. The second-order valence-electron chi connectivity index (χ2n) is 4.38. The molecule has 0 heterocycles. The van der Waals surface area contributed by atoms with Crippen molar-refractivity contribution in [1.29, 1.82) is 0 Å². The lowest BCUT2D eigenvalue weighted by Crippen LogP contribution is -2.11. The van der Waals surface area contributed by atoms with Crippen LogP contribution < -0.4 is 11.1 Å². The van der Waals surface area contributed by atoms with Gasteiger partial charge in [-0.15, -0.1) is 0 Å². The van der Waals surface area contributed by atoms with Gasteiger partial charge in [0.15, 0.2) is 5.17 Å². The number of thioether (sulfide) groups is 1. The molecule has 0 unspecified atom stereocenters. The van der Waals surface area contributed by atoms with Crippen LogP contribution in [0.5, 0.6) is 0 Å². The van der Waals surface area contributed by atoms with Gasteiger partial charge in [0.1, 0.15) is 0 Å². The predicted octanol–water partition coefficient (Wildman–Crippen LogP) is 4.32. The van der Waals surface area contributed by atoms with E-state index in [0.717, 1.165) is 9.79 Å². The topological polar surface area (TPSA) is 76.7 Å². The SMILES string of the molecule is COC(=O)N=C(Nc1cc(Sc2ccccc2)ccc1N)SC.